The minimum atomic E-state index is -0.292. The fourth-order valence-corrected chi connectivity index (χ4v) is 1.93. The van der Waals surface area contributed by atoms with E-state index >= 15 is 0 Å². The summed E-state index contributed by atoms with van der Waals surface area (Å²) in [6.07, 6.45) is 0. The number of carbonyl (C=O) groups excluding carboxylic acids is 2. The maximum absolute atomic E-state index is 11.1. The van der Waals surface area contributed by atoms with Gasteiger partial charge in [-0.25, -0.2) is 0 Å². The van der Waals surface area contributed by atoms with E-state index in [0.29, 0.717) is 11.3 Å². The number of anilines is 1. The minimum absolute atomic E-state index is 0.0676. The van der Waals surface area contributed by atoms with Gasteiger partial charge in [-0.2, -0.15) is 0 Å². The molecule has 0 atom stereocenters. The summed E-state index contributed by atoms with van der Waals surface area (Å²) in [4.78, 5) is 22.9. The molecule has 0 unspecified atom stereocenters. The zero-order valence-corrected chi connectivity index (χ0v) is 9.97. The number of rotatable bonds is 4. The fraction of sp³-hybridized carbons (Fsp3) is 0.273. The van der Waals surface area contributed by atoms with Crippen LogP contribution in [0.5, 0.6) is 0 Å². The predicted octanol–water partition coefficient (Wildman–Crippen LogP) is 1.74. The number of ether oxygens (including phenoxy) is 1. The lowest BCUT2D eigenvalue weighted by atomic mass is 10.1. The summed E-state index contributed by atoms with van der Waals surface area (Å²) < 4.78 is 4.52. The Labute approximate surface area is 98.2 Å². The standard InChI is InChI=1S/C11H13NO3S/c1-7(13)9-4-3-8(5-10(9)12)16-6-11(14)15-2/h3-5H,6,12H2,1-2H3. The highest BCUT2D eigenvalue weighted by Crippen LogP contribution is 2.23. The molecule has 0 radical (unpaired) electrons. The van der Waals surface area contributed by atoms with Crippen molar-refractivity contribution in [2.45, 2.75) is 11.8 Å². The van der Waals surface area contributed by atoms with Crippen LogP contribution >= 0.6 is 11.8 Å². The maximum atomic E-state index is 11.1. The molecule has 1 rings (SSSR count). The van der Waals surface area contributed by atoms with Gasteiger partial charge in [-0.3, -0.25) is 9.59 Å². The van der Waals surface area contributed by atoms with Crippen LogP contribution in [-0.4, -0.2) is 24.6 Å². The molecule has 0 spiro atoms. The first-order chi connectivity index (χ1) is 7.54. The van der Waals surface area contributed by atoms with Crippen LogP contribution in [0.25, 0.3) is 0 Å². The third-order valence-electron chi connectivity index (χ3n) is 1.99. The van der Waals surface area contributed by atoms with Crippen LogP contribution in [0.2, 0.25) is 0 Å². The Morgan fingerprint density at radius 2 is 2.12 bits per heavy atom. The molecule has 86 valence electrons. The Bertz CT molecular complexity index is 418. The number of nitrogens with two attached hydrogens (primary N) is 1. The van der Waals surface area contributed by atoms with Crippen LogP contribution in [0.4, 0.5) is 5.69 Å². The van der Waals surface area contributed by atoms with Crippen molar-refractivity contribution in [3.63, 3.8) is 0 Å². The highest BCUT2D eigenvalue weighted by Gasteiger charge is 2.07. The van der Waals surface area contributed by atoms with Gasteiger partial charge in [0.1, 0.15) is 0 Å². The first-order valence-electron chi connectivity index (χ1n) is 4.64. The number of hydrogen-bond donors (Lipinski definition) is 1. The summed E-state index contributed by atoms with van der Waals surface area (Å²) in [7, 11) is 1.34. The molecule has 1 aromatic rings. The number of ketones is 1. The number of esters is 1. The molecule has 0 aliphatic carbocycles. The Kier molecular flexibility index (Phi) is 4.37. The molecule has 0 fully saturated rings. The van der Waals surface area contributed by atoms with Gasteiger partial charge in [0.05, 0.1) is 12.9 Å². The molecule has 4 nitrogen and oxygen atoms in total. The summed E-state index contributed by atoms with van der Waals surface area (Å²) >= 11 is 1.32. The quantitative estimate of drug-likeness (QED) is 0.375. The van der Waals surface area contributed by atoms with Crippen LogP contribution in [0.3, 0.4) is 0 Å². The Morgan fingerprint density at radius 1 is 1.44 bits per heavy atom. The van der Waals surface area contributed by atoms with E-state index in [0.717, 1.165) is 4.90 Å². The van der Waals surface area contributed by atoms with Crippen LogP contribution in [0.15, 0.2) is 23.1 Å². The van der Waals surface area contributed by atoms with Gasteiger partial charge in [-0.1, -0.05) is 0 Å². The Morgan fingerprint density at radius 3 is 2.62 bits per heavy atom. The van der Waals surface area contributed by atoms with Gasteiger partial charge in [-0.05, 0) is 25.1 Å². The third-order valence-corrected chi connectivity index (χ3v) is 2.95. The summed E-state index contributed by atoms with van der Waals surface area (Å²) in [5.74, 6) is -0.128. The zero-order chi connectivity index (χ0) is 12.1. The van der Waals surface area contributed by atoms with Gasteiger partial charge >= 0.3 is 5.97 Å². The van der Waals surface area contributed by atoms with Crippen LogP contribution in [0.1, 0.15) is 17.3 Å². The minimum Gasteiger partial charge on any atom is -0.468 e. The first-order valence-corrected chi connectivity index (χ1v) is 5.63. The number of benzene rings is 1. The van der Waals surface area contributed by atoms with Crippen LogP contribution in [-0.2, 0) is 9.53 Å². The topological polar surface area (TPSA) is 69.4 Å². The Balaban J connectivity index is 2.74. The van der Waals surface area contributed by atoms with Crippen molar-refractivity contribution in [1.29, 1.82) is 0 Å². The molecule has 0 bridgehead atoms. The molecular formula is C11H13NO3S. The molecule has 1 aromatic carbocycles. The molecule has 16 heavy (non-hydrogen) atoms. The van der Waals surface area contributed by atoms with E-state index < -0.39 is 0 Å². The lowest BCUT2D eigenvalue weighted by Crippen LogP contribution is -2.03. The van der Waals surface area contributed by atoms with Gasteiger partial charge in [-0.15, -0.1) is 11.8 Å². The molecule has 0 saturated carbocycles. The molecule has 0 aliphatic rings. The van der Waals surface area contributed by atoms with Crippen LogP contribution in [0, 0.1) is 0 Å². The van der Waals surface area contributed by atoms with E-state index in [1.165, 1.54) is 25.8 Å². The normalized spacial score (nSPS) is 9.88. The van der Waals surface area contributed by atoms with Crippen molar-refractivity contribution in [3.05, 3.63) is 23.8 Å². The third kappa shape index (κ3) is 3.27. The average molecular weight is 239 g/mol. The molecule has 2 N–H and O–H groups in total. The van der Waals surface area contributed by atoms with E-state index in [2.05, 4.69) is 4.74 Å². The Hall–Kier alpha value is -1.49. The number of nitrogen functional groups attached to an aromatic ring is 1. The van der Waals surface area contributed by atoms with Gasteiger partial charge < -0.3 is 10.5 Å². The summed E-state index contributed by atoms with van der Waals surface area (Å²) in [6, 6.07) is 5.11. The second kappa shape index (κ2) is 5.55. The lowest BCUT2D eigenvalue weighted by Gasteiger charge is -2.05. The van der Waals surface area contributed by atoms with Gasteiger partial charge in [0.15, 0.2) is 5.78 Å². The highest BCUT2D eigenvalue weighted by molar-refractivity contribution is 8.00. The molecule has 5 heteroatoms. The number of methoxy groups -OCH3 is 1. The van der Waals surface area contributed by atoms with E-state index in [9.17, 15) is 9.59 Å². The van der Waals surface area contributed by atoms with Gasteiger partial charge in [0, 0.05) is 16.1 Å². The molecular weight excluding hydrogens is 226 g/mol. The number of Topliss-reactive ketones (excluding diaryl/α,β-unsaturated/α-hetero) is 1. The number of carbonyl (C=O) groups is 2. The number of thioether (sulfide) groups is 1. The summed E-state index contributed by atoms with van der Waals surface area (Å²) in [5, 5.41) is 0. The van der Waals surface area contributed by atoms with Gasteiger partial charge in [0.2, 0.25) is 0 Å². The molecule has 0 aromatic heterocycles. The van der Waals surface area contributed by atoms with E-state index in [4.69, 9.17) is 5.73 Å². The average Bonchev–Trinajstić information content (AvgIpc) is 2.25. The molecule has 0 aliphatic heterocycles. The first kappa shape index (κ1) is 12.6. The SMILES string of the molecule is COC(=O)CSc1ccc(C(C)=O)c(N)c1. The van der Waals surface area contributed by atoms with Crippen molar-refractivity contribution in [1.82, 2.24) is 0 Å². The fourth-order valence-electron chi connectivity index (χ4n) is 1.15. The second-order valence-corrected chi connectivity index (χ2v) is 4.22. The second-order valence-electron chi connectivity index (χ2n) is 3.17. The van der Waals surface area contributed by atoms with Crippen molar-refractivity contribution in [2.75, 3.05) is 18.6 Å². The van der Waals surface area contributed by atoms with Gasteiger partial charge in [0.25, 0.3) is 0 Å². The smallest absolute Gasteiger partial charge is 0.315 e. The zero-order valence-electron chi connectivity index (χ0n) is 9.15. The predicted molar refractivity (Wildman–Crippen MR) is 63.6 cm³/mol. The largest absolute Gasteiger partial charge is 0.468 e. The maximum Gasteiger partial charge on any atom is 0.315 e. The van der Waals surface area contributed by atoms with Crippen molar-refractivity contribution in [3.8, 4) is 0 Å². The van der Waals surface area contributed by atoms with Crippen molar-refractivity contribution < 1.29 is 14.3 Å². The van der Waals surface area contributed by atoms with Crippen molar-refractivity contribution in [2.24, 2.45) is 0 Å². The number of hydrogen-bond acceptors (Lipinski definition) is 5. The van der Waals surface area contributed by atoms with Crippen LogP contribution < -0.4 is 5.73 Å². The molecule has 0 saturated heterocycles. The monoisotopic (exact) mass is 239 g/mol. The highest BCUT2D eigenvalue weighted by atomic mass is 32.2. The van der Waals surface area contributed by atoms with E-state index in [1.807, 2.05) is 0 Å². The summed E-state index contributed by atoms with van der Waals surface area (Å²) in [6.45, 7) is 1.47. The van der Waals surface area contributed by atoms with E-state index in [1.54, 1.807) is 18.2 Å². The van der Waals surface area contributed by atoms with Crippen molar-refractivity contribution >= 4 is 29.2 Å². The summed E-state index contributed by atoms with van der Waals surface area (Å²) in [5.41, 5.74) is 6.65. The molecule has 0 heterocycles. The lowest BCUT2D eigenvalue weighted by molar-refractivity contribution is -0.137. The van der Waals surface area contributed by atoms with E-state index in [-0.39, 0.29) is 17.5 Å². The molecule has 0 amide bonds.